The number of nitrogens with one attached hydrogen (secondary N) is 1. The molecule has 0 unspecified atom stereocenters. The number of benzene rings is 1. The number of rotatable bonds is 5. The highest BCUT2D eigenvalue weighted by Crippen LogP contribution is 2.44. The van der Waals surface area contributed by atoms with Crippen molar-refractivity contribution in [2.24, 2.45) is 5.92 Å². The number of amides is 2. The number of hydrogen-bond acceptors (Lipinski definition) is 3. The zero-order valence-electron chi connectivity index (χ0n) is 14.1. The van der Waals surface area contributed by atoms with Gasteiger partial charge in [0.2, 0.25) is 11.8 Å². The second-order valence-electron chi connectivity index (χ2n) is 7.39. The van der Waals surface area contributed by atoms with Gasteiger partial charge in [-0.15, -0.1) is 0 Å². The smallest absolute Gasteiger partial charge is 0.232 e. The van der Waals surface area contributed by atoms with Gasteiger partial charge in [0.15, 0.2) is 0 Å². The molecule has 3 fully saturated rings. The maximum Gasteiger partial charge on any atom is 0.232 e. The first-order chi connectivity index (χ1) is 11.6. The van der Waals surface area contributed by atoms with Gasteiger partial charge in [0, 0.05) is 25.6 Å². The molecule has 2 aliphatic heterocycles. The van der Waals surface area contributed by atoms with Gasteiger partial charge in [0.05, 0.1) is 12.5 Å². The molecule has 3 aliphatic rings. The van der Waals surface area contributed by atoms with Gasteiger partial charge in [0.25, 0.3) is 0 Å². The molecular formula is C19H24N2O3. The Balaban J connectivity index is 1.66. The van der Waals surface area contributed by atoms with Crippen LogP contribution in [0.3, 0.4) is 0 Å². The maximum absolute atomic E-state index is 13.1. The van der Waals surface area contributed by atoms with E-state index in [-0.39, 0.29) is 17.9 Å². The molecule has 0 spiro atoms. The van der Waals surface area contributed by atoms with Gasteiger partial charge in [-0.3, -0.25) is 9.59 Å². The summed E-state index contributed by atoms with van der Waals surface area (Å²) >= 11 is 0. The highest BCUT2D eigenvalue weighted by molar-refractivity contribution is 5.91. The predicted molar refractivity (Wildman–Crippen MR) is 89.8 cm³/mol. The number of nitrogens with zero attached hydrogens (tertiary/aromatic N) is 1. The van der Waals surface area contributed by atoms with E-state index in [1.54, 1.807) is 7.11 Å². The average Bonchev–Trinajstić information content (AvgIpc) is 3.26. The average molecular weight is 328 g/mol. The van der Waals surface area contributed by atoms with Crippen molar-refractivity contribution >= 4 is 11.8 Å². The predicted octanol–water partition coefficient (Wildman–Crippen LogP) is 1.85. The van der Waals surface area contributed by atoms with E-state index in [1.807, 2.05) is 29.2 Å². The second kappa shape index (κ2) is 5.80. The molecule has 0 radical (unpaired) electrons. The van der Waals surface area contributed by atoms with E-state index in [4.69, 9.17) is 4.74 Å². The van der Waals surface area contributed by atoms with Crippen LogP contribution in [0.2, 0.25) is 0 Å². The van der Waals surface area contributed by atoms with Crippen LogP contribution in [-0.4, -0.2) is 43.0 Å². The van der Waals surface area contributed by atoms with Gasteiger partial charge in [0.1, 0.15) is 5.75 Å². The fourth-order valence-electron chi connectivity index (χ4n) is 4.13. The molecular weight excluding hydrogens is 304 g/mol. The van der Waals surface area contributed by atoms with Crippen molar-refractivity contribution < 1.29 is 14.3 Å². The first-order valence-electron chi connectivity index (χ1n) is 8.85. The minimum atomic E-state index is -0.649. The van der Waals surface area contributed by atoms with Crippen LogP contribution in [0.15, 0.2) is 24.3 Å². The molecule has 2 saturated heterocycles. The summed E-state index contributed by atoms with van der Waals surface area (Å²) in [5.74, 6) is 1.63. The van der Waals surface area contributed by atoms with E-state index in [0.29, 0.717) is 25.3 Å². The Morgan fingerprint density at radius 1 is 1.38 bits per heavy atom. The summed E-state index contributed by atoms with van der Waals surface area (Å²) in [6.07, 6.45) is 4.60. The van der Waals surface area contributed by atoms with Crippen molar-refractivity contribution in [1.82, 2.24) is 10.2 Å². The molecule has 128 valence electrons. The van der Waals surface area contributed by atoms with Crippen LogP contribution in [0.5, 0.6) is 5.75 Å². The normalized spacial score (nSPS) is 28.8. The fraction of sp³-hybridized carbons (Fsp3) is 0.579. The topological polar surface area (TPSA) is 58.6 Å². The molecule has 1 aromatic rings. The van der Waals surface area contributed by atoms with Crippen LogP contribution in [0, 0.1) is 5.92 Å². The highest BCUT2D eigenvalue weighted by atomic mass is 16.5. The standard InChI is InChI=1S/C19H24N2O3/c1-24-16-4-2-3-14(9-16)19(18(23)20-11-13-5-6-13)10-15-7-8-17(22)21(15)12-19/h2-4,9,13,15H,5-8,10-12H2,1H3,(H,20,23)/t15-,19-/m0/s1. The van der Waals surface area contributed by atoms with E-state index < -0.39 is 5.41 Å². The number of fused-ring (bicyclic) bond motifs is 1. The van der Waals surface area contributed by atoms with Crippen molar-refractivity contribution in [2.45, 2.75) is 43.6 Å². The zero-order valence-corrected chi connectivity index (χ0v) is 14.1. The van der Waals surface area contributed by atoms with Crippen molar-refractivity contribution in [2.75, 3.05) is 20.2 Å². The Bertz CT molecular complexity index is 670. The van der Waals surface area contributed by atoms with Gasteiger partial charge in [-0.05, 0) is 49.3 Å². The van der Waals surface area contributed by atoms with Crippen molar-refractivity contribution in [3.05, 3.63) is 29.8 Å². The number of carbonyl (C=O) groups excluding carboxylic acids is 2. The zero-order chi connectivity index (χ0) is 16.7. The Hall–Kier alpha value is -2.04. The second-order valence-corrected chi connectivity index (χ2v) is 7.39. The van der Waals surface area contributed by atoms with E-state index >= 15 is 0 Å². The lowest BCUT2D eigenvalue weighted by Crippen LogP contribution is -2.47. The summed E-state index contributed by atoms with van der Waals surface area (Å²) in [4.78, 5) is 27.2. The monoisotopic (exact) mass is 328 g/mol. The Morgan fingerprint density at radius 2 is 2.21 bits per heavy atom. The van der Waals surface area contributed by atoms with Gasteiger partial charge < -0.3 is 15.0 Å². The highest BCUT2D eigenvalue weighted by Gasteiger charge is 2.53. The summed E-state index contributed by atoms with van der Waals surface area (Å²) in [6, 6.07) is 7.95. The largest absolute Gasteiger partial charge is 0.497 e. The number of hydrogen-bond donors (Lipinski definition) is 1. The summed E-state index contributed by atoms with van der Waals surface area (Å²) in [7, 11) is 1.63. The van der Waals surface area contributed by atoms with Gasteiger partial charge in [-0.1, -0.05) is 12.1 Å². The quantitative estimate of drug-likeness (QED) is 0.897. The SMILES string of the molecule is COc1cccc([C@]2(C(=O)NCC3CC3)C[C@@H]3CCC(=O)N3C2)c1. The lowest BCUT2D eigenvalue weighted by Gasteiger charge is -2.29. The summed E-state index contributed by atoms with van der Waals surface area (Å²) in [5, 5.41) is 3.15. The third-order valence-electron chi connectivity index (χ3n) is 5.78. The Kier molecular flexibility index (Phi) is 3.74. The van der Waals surface area contributed by atoms with Crippen LogP contribution in [0.25, 0.3) is 0 Å². The molecule has 2 atom stereocenters. The molecule has 0 aromatic heterocycles. The van der Waals surface area contributed by atoms with Gasteiger partial charge in [-0.2, -0.15) is 0 Å². The fourth-order valence-corrected chi connectivity index (χ4v) is 4.13. The molecule has 5 heteroatoms. The van der Waals surface area contributed by atoms with Crippen LogP contribution >= 0.6 is 0 Å². The first-order valence-corrected chi connectivity index (χ1v) is 8.85. The van der Waals surface area contributed by atoms with Crippen molar-refractivity contribution in [1.29, 1.82) is 0 Å². The van der Waals surface area contributed by atoms with E-state index in [0.717, 1.165) is 24.3 Å². The molecule has 4 rings (SSSR count). The van der Waals surface area contributed by atoms with Crippen molar-refractivity contribution in [3.63, 3.8) is 0 Å². The lowest BCUT2D eigenvalue weighted by molar-refractivity contribution is -0.129. The minimum Gasteiger partial charge on any atom is -0.497 e. The third-order valence-corrected chi connectivity index (χ3v) is 5.78. The molecule has 1 N–H and O–H groups in total. The van der Waals surface area contributed by atoms with E-state index in [2.05, 4.69) is 5.32 Å². The molecule has 5 nitrogen and oxygen atoms in total. The van der Waals surface area contributed by atoms with E-state index in [1.165, 1.54) is 12.8 Å². The Labute approximate surface area is 142 Å². The summed E-state index contributed by atoms with van der Waals surface area (Å²) in [5.41, 5.74) is 0.307. The number of carbonyl (C=O) groups is 2. The third kappa shape index (κ3) is 2.56. The molecule has 2 heterocycles. The lowest BCUT2D eigenvalue weighted by atomic mass is 9.76. The van der Waals surface area contributed by atoms with Crippen LogP contribution in [0.4, 0.5) is 0 Å². The van der Waals surface area contributed by atoms with Crippen LogP contribution in [-0.2, 0) is 15.0 Å². The summed E-state index contributed by atoms with van der Waals surface area (Å²) in [6.45, 7) is 1.24. The number of ether oxygens (including phenoxy) is 1. The molecule has 0 bridgehead atoms. The van der Waals surface area contributed by atoms with Crippen molar-refractivity contribution in [3.8, 4) is 5.75 Å². The van der Waals surface area contributed by atoms with Gasteiger partial charge >= 0.3 is 0 Å². The molecule has 1 aromatic carbocycles. The first kappa shape index (κ1) is 15.5. The molecule has 1 saturated carbocycles. The molecule has 1 aliphatic carbocycles. The Morgan fingerprint density at radius 3 is 2.92 bits per heavy atom. The van der Waals surface area contributed by atoms with E-state index in [9.17, 15) is 9.59 Å². The minimum absolute atomic E-state index is 0.0600. The summed E-state index contributed by atoms with van der Waals surface area (Å²) < 4.78 is 5.35. The van der Waals surface area contributed by atoms with Crippen LogP contribution < -0.4 is 10.1 Å². The van der Waals surface area contributed by atoms with Gasteiger partial charge in [-0.25, -0.2) is 0 Å². The maximum atomic E-state index is 13.1. The molecule has 24 heavy (non-hydrogen) atoms. The number of methoxy groups -OCH3 is 1. The molecule has 2 amide bonds. The van der Waals surface area contributed by atoms with Crippen LogP contribution in [0.1, 0.15) is 37.7 Å².